The zero-order valence-corrected chi connectivity index (χ0v) is 13.1. The van der Waals surface area contributed by atoms with Crippen LogP contribution in [0.15, 0.2) is 23.3 Å². The fourth-order valence-corrected chi connectivity index (χ4v) is 3.94. The molecule has 21 heavy (non-hydrogen) atoms. The molecule has 3 atom stereocenters. The van der Waals surface area contributed by atoms with Gasteiger partial charge in [0.25, 0.3) is 0 Å². The normalized spacial score (nSPS) is 32.3. The number of allylic oxidation sites excluding steroid dienone is 1. The van der Waals surface area contributed by atoms with Gasteiger partial charge in [-0.3, -0.25) is 4.79 Å². The molecule has 0 bridgehead atoms. The summed E-state index contributed by atoms with van der Waals surface area (Å²) in [6, 6.07) is 0. The number of ether oxygens (including phenoxy) is 1. The minimum Gasteiger partial charge on any atom is -0.478 e. The van der Waals surface area contributed by atoms with E-state index >= 15 is 0 Å². The van der Waals surface area contributed by atoms with Gasteiger partial charge >= 0.3 is 11.9 Å². The molecule has 0 saturated heterocycles. The van der Waals surface area contributed by atoms with Crippen LogP contribution in [0.1, 0.15) is 52.9 Å². The molecular weight excluding hydrogens is 268 g/mol. The minimum atomic E-state index is -0.959. The van der Waals surface area contributed by atoms with E-state index in [-0.39, 0.29) is 29.0 Å². The van der Waals surface area contributed by atoms with Crippen LogP contribution >= 0.6 is 0 Å². The molecule has 0 aromatic carbocycles. The monoisotopic (exact) mass is 292 g/mol. The van der Waals surface area contributed by atoms with Crippen molar-refractivity contribution >= 4 is 11.9 Å². The van der Waals surface area contributed by atoms with Gasteiger partial charge in [0, 0.05) is 17.9 Å². The third-order valence-electron chi connectivity index (χ3n) is 5.19. The second-order valence-corrected chi connectivity index (χ2v) is 6.60. The number of hydrogen-bond acceptors (Lipinski definition) is 3. The van der Waals surface area contributed by atoms with Gasteiger partial charge in [0.1, 0.15) is 6.10 Å². The van der Waals surface area contributed by atoms with E-state index in [1.165, 1.54) is 18.1 Å². The number of carbonyl (C=O) groups excluding carboxylic acids is 1. The number of aliphatic carboxylic acids is 1. The van der Waals surface area contributed by atoms with E-state index in [4.69, 9.17) is 4.74 Å². The van der Waals surface area contributed by atoms with E-state index in [1.54, 1.807) is 0 Å². The minimum absolute atomic E-state index is 0.150. The molecule has 0 radical (unpaired) electrons. The zero-order chi connectivity index (χ0) is 15.8. The molecule has 3 unspecified atom stereocenters. The predicted molar refractivity (Wildman–Crippen MR) is 79.7 cm³/mol. The van der Waals surface area contributed by atoms with Crippen LogP contribution in [-0.2, 0) is 14.3 Å². The van der Waals surface area contributed by atoms with Crippen LogP contribution in [0.25, 0.3) is 0 Å². The molecule has 2 rings (SSSR count). The smallest absolute Gasteiger partial charge is 0.331 e. The van der Waals surface area contributed by atoms with E-state index in [0.717, 1.165) is 25.7 Å². The summed E-state index contributed by atoms with van der Waals surface area (Å²) >= 11 is 0. The second-order valence-electron chi connectivity index (χ2n) is 6.60. The molecule has 1 N–H and O–H groups in total. The number of esters is 1. The molecule has 2 aliphatic rings. The van der Waals surface area contributed by atoms with E-state index < -0.39 is 5.97 Å². The lowest BCUT2D eigenvalue weighted by molar-refractivity contribution is -0.155. The first-order chi connectivity index (χ1) is 9.75. The first-order valence-electron chi connectivity index (χ1n) is 7.54. The number of rotatable bonds is 3. The number of carboxylic acids is 1. The van der Waals surface area contributed by atoms with Crippen LogP contribution in [0.3, 0.4) is 0 Å². The van der Waals surface area contributed by atoms with Crippen LogP contribution < -0.4 is 0 Å². The SMILES string of the molecule is C=C(C(=O)O)C1CC2=C(C)CCCC2(C)C(OC(C)=O)C1. The number of fused-ring (bicyclic) bond motifs is 1. The highest BCUT2D eigenvalue weighted by Crippen LogP contribution is 2.53. The van der Waals surface area contributed by atoms with E-state index in [0.29, 0.717) is 6.42 Å². The van der Waals surface area contributed by atoms with Crippen molar-refractivity contribution in [2.24, 2.45) is 11.3 Å². The molecule has 4 heteroatoms. The van der Waals surface area contributed by atoms with Crippen molar-refractivity contribution in [1.82, 2.24) is 0 Å². The fourth-order valence-electron chi connectivity index (χ4n) is 3.94. The van der Waals surface area contributed by atoms with Gasteiger partial charge in [-0.25, -0.2) is 4.79 Å². The van der Waals surface area contributed by atoms with Crippen molar-refractivity contribution < 1.29 is 19.4 Å². The van der Waals surface area contributed by atoms with Crippen LogP contribution in [0, 0.1) is 11.3 Å². The van der Waals surface area contributed by atoms with Crippen LogP contribution in [0.4, 0.5) is 0 Å². The number of hydrogen-bond donors (Lipinski definition) is 1. The summed E-state index contributed by atoms with van der Waals surface area (Å²) in [6.45, 7) is 9.39. The average Bonchev–Trinajstić information content (AvgIpc) is 2.38. The average molecular weight is 292 g/mol. The lowest BCUT2D eigenvalue weighted by atomic mass is 9.59. The van der Waals surface area contributed by atoms with Gasteiger partial charge in [0.2, 0.25) is 0 Å². The molecule has 0 aromatic rings. The predicted octanol–water partition coefficient (Wildman–Crippen LogP) is 3.48. The second kappa shape index (κ2) is 5.66. The third-order valence-corrected chi connectivity index (χ3v) is 5.19. The topological polar surface area (TPSA) is 63.6 Å². The van der Waals surface area contributed by atoms with Crippen molar-refractivity contribution in [3.05, 3.63) is 23.3 Å². The quantitative estimate of drug-likeness (QED) is 0.491. The Balaban J connectivity index is 2.38. The maximum atomic E-state index is 11.4. The van der Waals surface area contributed by atoms with Crippen LogP contribution in [0.5, 0.6) is 0 Å². The Labute approximate surface area is 125 Å². The highest BCUT2D eigenvalue weighted by atomic mass is 16.5. The van der Waals surface area contributed by atoms with Gasteiger partial charge in [-0.1, -0.05) is 24.6 Å². The van der Waals surface area contributed by atoms with Gasteiger partial charge in [-0.2, -0.15) is 0 Å². The Bertz CT molecular complexity index is 517. The molecule has 2 aliphatic carbocycles. The Morgan fingerprint density at radius 2 is 2.10 bits per heavy atom. The summed E-state index contributed by atoms with van der Waals surface area (Å²) in [4.78, 5) is 22.7. The molecular formula is C17H24O4. The lowest BCUT2D eigenvalue weighted by Crippen LogP contribution is -2.45. The summed E-state index contributed by atoms with van der Waals surface area (Å²) in [5.41, 5.74) is 2.67. The Kier molecular flexibility index (Phi) is 4.26. The van der Waals surface area contributed by atoms with Crippen LogP contribution in [-0.4, -0.2) is 23.1 Å². The zero-order valence-electron chi connectivity index (χ0n) is 13.1. The third kappa shape index (κ3) is 2.89. The summed E-state index contributed by atoms with van der Waals surface area (Å²) in [5.74, 6) is -1.41. The fraction of sp³-hybridized carbons (Fsp3) is 0.647. The maximum absolute atomic E-state index is 11.4. The van der Waals surface area contributed by atoms with Gasteiger partial charge in [-0.15, -0.1) is 0 Å². The van der Waals surface area contributed by atoms with Gasteiger partial charge in [-0.05, 0) is 44.9 Å². The molecule has 4 nitrogen and oxygen atoms in total. The van der Waals surface area contributed by atoms with Crippen molar-refractivity contribution in [2.45, 2.75) is 59.0 Å². The first-order valence-corrected chi connectivity index (χ1v) is 7.54. The van der Waals surface area contributed by atoms with Gasteiger partial charge in [0.05, 0.1) is 0 Å². The van der Waals surface area contributed by atoms with Crippen molar-refractivity contribution in [2.75, 3.05) is 0 Å². The van der Waals surface area contributed by atoms with Gasteiger partial charge < -0.3 is 9.84 Å². The highest BCUT2D eigenvalue weighted by molar-refractivity contribution is 5.86. The largest absolute Gasteiger partial charge is 0.478 e. The molecule has 0 heterocycles. The molecule has 0 aliphatic heterocycles. The summed E-state index contributed by atoms with van der Waals surface area (Å²) in [5, 5.41) is 9.21. The van der Waals surface area contributed by atoms with Gasteiger partial charge in [0.15, 0.2) is 0 Å². The highest BCUT2D eigenvalue weighted by Gasteiger charge is 2.48. The van der Waals surface area contributed by atoms with E-state index in [1.807, 2.05) is 0 Å². The van der Waals surface area contributed by atoms with E-state index in [9.17, 15) is 14.7 Å². The summed E-state index contributed by atoms with van der Waals surface area (Å²) < 4.78 is 5.57. The Morgan fingerprint density at radius 3 is 2.67 bits per heavy atom. The van der Waals surface area contributed by atoms with Crippen LogP contribution in [0.2, 0.25) is 0 Å². The maximum Gasteiger partial charge on any atom is 0.331 e. The molecule has 0 spiro atoms. The Hall–Kier alpha value is -1.58. The molecule has 116 valence electrons. The molecule has 1 saturated carbocycles. The standard InChI is InChI=1S/C17H24O4/c1-10-6-5-7-17(4)14(10)8-13(11(2)16(19)20)9-15(17)21-12(3)18/h13,15H,2,5-9H2,1,3-4H3,(H,19,20). The van der Waals surface area contributed by atoms with Crippen molar-refractivity contribution in [3.63, 3.8) is 0 Å². The molecule has 1 fully saturated rings. The summed E-state index contributed by atoms with van der Waals surface area (Å²) in [6.07, 6.45) is 4.15. The van der Waals surface area contributed by atoms with Crippen molar-refractivity contribution in [3.8, 4) is 0 Å². The molecule has 0 amide bonds. The molecule has 0 aromatic heterocycles. The number of carboxylic acid groups (broad SMARTS) is 1. The van der Waals surface area contributed by atoms with E-state index in [2.05, 4.69) is 20.4 Å². The number of carbonyl (C=O) groups is 2. The van der Waals surface area contributed by atoms with Crippen molar-refractivity contribution in [1.29, 1.82) is 0 Å². The first kappa shape index (κ1) is 15.8. The Morgan fingerprint density at radius 1 is 1.43 bits per heavy atom. The summed E-state index contributed by atoms with van der Waals surface area (Å²) in [7, 11) is 0. The lowest BCUT2D eigenvalue weighted by Gasteiger charge is -2.48.